The van der Waals surface area contributed by atoms with E-state index in [0.717, 1.165) is 16.7 Å². The predicted molar refractivity (Wildman–Crippen MR) is 63.1 cm³/mol. The van der Waals surface area contributed by atoms with Gasteiger partial charge in [0.2, 0.25) is 0 Å². The van der Waals surface area contributed by atoms with Crippen LogP contribution in [0.1, 0.15) is 23.6 Å². The summed E-state index contributed by atoms with van der Waals surface area (Å²) in [6.45, 7) is 5.87. The first kappa shape index (κ1) is 12.8. The second-order valence-electron chi connectivity index (χ2n) is 3.39. The number of hydrogen-bond donors (Lipinski definition) is 0. The number of ether oxygens (including phenoxy) is 2. The first-order valence-electron chi connectivity index (χ1n) is 5.09. The fourth-order valence-electron chi connectivity index (χ4n) is 1.34. The Hall–Kier alpha value is -1.22. The van der Waals surface area contributed by atoms with E-state index in [9.17, 15) is 4.79 Å². The molecule has 0 aliphatic rings. The van der Waals surface area contributed by atoms with Crippen LogP contribution < -0.4 is 4.74 Å². The molecule has 1 aromatic rings. The van der Waals surface area contributed by atoms with Gasteiger partial charge in [-0.25, -0.2) is 4.79 Å². The lowest BCUT2D eigenvalue weighted by Crippen LogP contribution is -2.11. The van der Waals surface area contributed by atoms with Crippen LogP contribution in [0.25, 0.3) is 0 Å². The zero-order valence-corrected chi connectivity index (χ0v) is 10.4. The minimum absolute atomic E-state index is 0.302. The summed E-state index contributed by atoms with van der Waals surface area (Å²) in [7, 11) is 0. The van der Waals surface area contributed by atoms with E-state index in [1.165, 1.54) is 0 Å². The van der Waals surface area contributed by atoms with Crippen LogP contribution in [0.3, 0.4) is 0 Å². The van der Waals surface area contributed by atoms with Crippen LogP contribution in [0.5, 0.6) is 5.75 Å². The van der Waals surface area contributed by atoms with Crippen LogP contribution in [-0.4, -0.2) is 12.8 Å². The van der Waals surface area contributed by atoms with Crippen molar-refractivity contribution >= 4 is 17.8 Å². The molecule has 0 aromatic heterocycles. The van der Waals surface area contributed by atoms with Crippen LogP contribution >= 0.6 is 11.6 Å². The topological polar surface area (TPSA) is 35.5 Å². The van der Waals surface area contributed by atoms with Crippen molar-refractivity contribution in [3.05, 3.63) is 28.8 Å². The summed E-state index contributed by atoms with van der Waals surface area (Å²) in [5.74, 6) is 0.969. The van der Waals surface area contributed by atoms with Gasteiger partial charge in [-0.05, 0) is 43.5 Å². The van der Waals surface area contributed by atoms with E-state index in [-0.39, 0.29) is 0 Å². The number of alkyl halides is 1. The van der Waals surface area contributed by atoms with Crippen molar-refractivity contribution in [2.24, 2.45) is 0 Å². The lowest BCUT2D eigenvalue weighted by Gasteiger charge is -2.11. The number of halogens is 1. The van der Waals surface area contributed by atoms with Crippen molar-refractivity contribution in [3.8, 4) is 5.75 Å². The highest BCUT2D eigenvalue weighted by molar-refractivity contribution is 6.17. The highest BCUT2D eigenvalue weighted by atomic mass is 35.5. The summed E-state index contributed by atoms with van der Waals surface area (Å²) in [6, 6.07) is 3.58. The summed E-state index contributed by atoms with van der Waals surface area (Å²) in [6.07, 6.45) is -0.677. The Kier molecular flexibility index (Phi) is 4.62. The van der Waals surface area contributed by atoms with E-state index in [1.807, 2.05) is 19.9 Å². The fraction of sp³-hybridized carbons (Fsp3) is 0.417. The Morgan fingerprint density at radius 1 is 1.31 bits per heavy atom. The molecule has 88 valence electrons. The highest BCUT2D eigenvalue weighted by Crippen LogP contribution is 2.25. The molecule has 0 saturated heterocycles. The number of hydrogen-bond acceptors (Lipinski definition) is 3. The molecule has 16 heavy (non-hydrogen) atoms. The predicted octanol–water partition coefficient (Wildman–Crippen LogP) is 3.58. The Morgan fingerprint density at radius 3 is 2.56 bits per heavy atom. The molecule has 0 radical (unpaired) electrons. The van der Waals surface area contributed by atoms with E-state index in [2.05, 4.69) is 0 Å². The molecule has 0 N–H and O–H groups in total. The molecule has 0 aliphatic heterocycles. The van der Waals surface area contributed by atoms with Gasteiger partial charge in [-0.2, -0.15) is 0 Å². The third-order valence-electron chi connectivity index (χ3n) is 2.45. The van der Waals surface area contributed by atoms with E-state index in [1.54, 1.807) is 13.0 Å². The van der Waals surface area contributed by atoms with Crippen LogP contribution in [0, 0.1) is 13.8 Å². The molecule has 3 nitrogen and oxygen atoms in total. The van der Waals surface area contributed by atoms with Gasteiger partial charge in [0.25, 0.3) is 0 Å². The number of rotatable bonds is 3. The van der Waals surface area contributed by atoms with Gasteiger partial charge in [-0.3, -0.25) is 0 Å². The fourth-order valence-corrected chi connectivity index (χ4v) is 1.63. The third kappa shape index (κ3) is 2.89. The zero-order valence-electron chi connectivity index (χ0n) is 9.67. The van der Waals surface area contributed by atoms with Crippen LogP contribution in [-0.2, 0) is 10.6 Å². The molecule has 0 atom stereocenters. The maximum atomic E-state index is 11.2. The monoisotopic (exact) mass is 242 g/mol. The smallest absolute Gasteiger partial charge is 0.434 e. The zero-order chi connectivity index (χ0) is 12.1. The number of benzene rings is 1. The lowest BCUT2D eigenvalue weighted by molar-refractivity contribution is 0.104. The van der Waals surface area contributed by atoms with Gasteiger partial charge in [0.1, 0.15) is 5.75 Å². The molecule has 0 saturated carbocycles. The van der Waals surface area contributed by atoms with Crippen molar-refractivity contribution < 1.29 is 14.3 Å². The molecule has 0 unspecified atom stereocenters. The summed E-state index contributed by atoms with van der Waals surface area (Å²) in [5, 5.41) is 0. The number of carbonyl (C=O) groups is 1. The van der Waals surface area contributed by atoms with Crippen molar-refractivity contribution in [2.75, 3.05) is 6.61 Å². The normalized spacial score (nSPS) is 10.0. The summed E-state index contributed by atoms with van der Waals surface area (Å²) in [5.41, 5.74) is 2.98. The average Bonchev–Trinajstić information content (AvgIpc) is 2.25. The van der Waals surface area contributed by atoms with Crippen molar-refractivity contribution in [3.63, 3.8) is 0 Å². The molecule has 4 heteroatoms. The molecule has 0 spiro atoms. The quantitative estimate of drug-likeness (QED) is 0.462. The van der Waals surface area contributed by atoms with E-state index < -0.39 is 6.16 Å². The molecule has 0 bridgehead atoms. The molecule has 0 amide bonds. The summed E-state index contributed by atoms with van der Waals surface area (Å²) >= 11 is 5.78. The van der Waals surface area contributed by atoms with Crippen LogP contribution in [0.2, 0.25) is 0 Å². The van der Waals surface area contributed by atoms with Crippen LogP contribution in [0.4, 0.5) is 4.79 Å². The molecule has 0 aliphatic carbocycles. The second-order valence-corrected chi connectivity index (χ2v) is 3.66. The first-order valence-corrected chi connectivity index (χ1v) is 5.63. The van der Waals surface area contributed by atoms with Gasteiger partial charge >= 0.3 is 6.16 Å². The van der Waals surface area contributed by atoms with E-state index in [4.69, 9.17) is 21.1 Å². The molecule has 1 rings (SSSR count). The van der Waals surface area contributed by atoms with Gasteiger partial charge in [-0.15, -0.1) is 11.6 Å². The van der Waals surface area contributed by atoms with Gasteiger partial charge in [0, 0.05) is 5.88 Å². The average molecular weight is 243 g/mol. The highest BCUT2D eigenvalue weighted by Gasteiger charge is 2.11. The standard InChI is InChI=1S/C12H15ClO3/c1-4-15-12(14)16-11-6-5-10(7-13)8(2)9(11)3/h5-6H,4,7H2,1-3H3. The Morgan fingerprint density at radius 2 is 2.00 bits per heavy atom. The minimum atomic E-state index is -0.677. The molecule has 0 fully saturated rings. The van der Waals surface area contributed by atoms with Gasteiger partial charge in [-0.1, -0.05) is 6.07 Å². The van der Waals surface area contributed by atoms with E-state index >= 15 is 0 Å². The third-order valence-corrected chi connectivity index (χ3v) is 2.74. The second kappa shape index (κ2) is 5.75. The first-order chi connectivity index (χ1) is 7.60. The van der Waals surface area contributed by atoms with Gasteiger partial charge in [0.05, 0.1) is 6.61 Å². The minimum Gasteiger partial charge on any atom is -0.434 e. The summed E-state index contributed by atoms with van der Waals surface area (Å²) < 4.78 is 9.77. The van der Waals surface area contributed by atoms with Crippen molar-refractivity contribution in [1.82, 2.24) is 0 Å². The Balaban J connectivity index is 2.90. The van der Waals surface area contributed by atoms with E-state index in [0.29, 0.717) is 18.2 Å². The maximum absolute atomic E-state index is 11.2. The number of carbonyl (C=O) groups excluding carboxylic acids is 1. The van der Waals surface area contributed by atoms with Crippen LogP contribution in [0.15, 0.2) is 12.1 Å². The van der Waals surface area contributed by atoms with Gasteiger partial charge < -0.3 is 9.47 Å². The van der Waals surface area contributed by atoms with Crippen molar-refractivity contribution in [2.45, 2.75) is 26.7 Å². The van der Waals surface area contributed by atoms with Crippen molar-refractivity contribution in [1.29, 1.82) is 0 Å². The molecular formula is C12H15ClO3. The Labute approximate surface area is 100 Å². The summed E-state index contributed by atoms with van der Waals surface area (Å²) in [4.78, 5) is 11.2. The SMILES string of the molecule is CCOC(=O)Oc1ccc(CCl)c(C)c1C. The molecule has 1 aromatic carbocycles. The maximum Gasteiger partial charge on any atom is 0.513 e. The molecule has 0 heterocycles. The lowest BCUT2D eigenvalue weighted by atomic mass is 10.0. The molecular weight excluding hydrogens is 228 g/mol. The Bertz CT molecular complexity index is 388. The van der Waals surface area contributed by atoms with Gasteiger partial charge in [0.15, 0.2) is 0 Å². The largest absolute Gasteiger partial charge is 0.513 e.